The number of hydrogen-bond acceptors (Lipinski definition) is 4. The Morgan fingerprint density at radius 1 is 1.25 bits per heavy atom. The highest BCUT2D eigenvalue weighted by Gasteiger charge is 2.28. The summed E-state index contributed by atoms with van der Waals surface area (Å²) < 4.78 is 14.1. The van der Waals surface area contributed by atoms with Gasteiger partial charge < -0.3 is 15.6 Å². The highest BCUT2D eigenvalue weighted by Crippen LogP contribution is 2.29. The molecule has 0 saturated heterocycles. The Hall–Kier alpha value is -2.48. The van der Waals surface area contributed by atoms with Crippen molar-refractivity contribution in [2.24, 2.45) is 5.92 Å². The van der Waals surface area contributed by atoms with Crippen molar-refractivity contribution in [3.63, 3.8) is 0 Å². The van der Waals surface area contributed by atoms with Gasteiger partial charge in [0.1, 0.15) is 17.7 Å². The lowest BCUT2D eigenvalue weighted by Gasteiger charge is -2.14. The maximum atomic E-state index is 14.1. The van der Waals surface area contributed by atoms with Gasteiger partial charge in [0.05, 0.1) is 5.69 Å². The molecule has 0 radical (unpaired) electrons. The number of hydrogen-bond donors (Lipinski definition) is 3. The van der Waals surface area contributed by atoms with Gasteiger partial charge >= 0.3 is 0 Å². The zero-order valence-corrected chi connectivity index (χ0v) is 16.0. The molecule has 1 aromatic carbocycles. The Morgan fingerprint density at radius 2 is 2.04 bits per heavy atom. The number of carbonyl (C=O) groups is 2. The maximum Gasteiger partial charge on any atom is 0.289 e. The average molecular weight is 406 g/mol. The van der Waals surface area contributed by atoms with Crippen LogP contribution in [0.1, 0.15) is 54.1 Å². The van der Waals surface area contributed by atoms with Crippen LogP contribution in [0.15, 0.2) is 12.1 Å². The van der Waals surface area contributed by atoms with E-state index in [0.29, 0.717) is 30.1 Å². The largest absolute Gasteiger partial charge is 0.337 e. The smallest absolute Gasteiger partial charge is 0.289 e. The van der Waals surface area contributed by atoms with E-state index in [-0.39, 0.29) is 16.5 Å². The number of nitrogens with zero attached hydrogens (tertiary/aromatic N) is 2. The predicted octanol–water partition coefficient (Wildman–Crippen LogP) is 3.01. The predicted molar refractivity (Wildman–Crippen MR) is 102 cm³/mol. The number of aromatic nitrogens is 3. The van der Waals surface area contributed by atoms with Crippen LogP contribution in [0.2, 0.25) is 5.02 Å². The van der Waals surface area contributed by atoms with E-state index >= 15 is 0 Å². The molecule has 1 atom stereocenters. The van der Waals surface area contributed by atoms with Crippen molar-refractivity contribution in [3.05, 3.63) is 40.2 Å². The van der Waals surface area contributed by atoms with Crippen LogP contribution in [0, 0.1) is 11.7 Å². The molecule has 2 aliphatic rings. The van der Waals surface area contributed by atoms with Gasteiger partial charge in [-0.1, -0.05) is 37.3 Å². The fourth-order valence-corrected chi connectivity index (χ4v) is 4.18. The van der Waals surface area contributed by atoms with Crippen molar-refractivity contribution in [2.45, 2.75) is 51.0 Å². The molecule has 0 bridgehead atoms. The minimum absolute atomic E-state index is 0.0804. The van der Waals surface area contributed by atoms with Gasteiger partial charge in [-0.3, -0.25) is 9.59 Å². The van der Waals surface area contributed by atoms with Gasteiger partial charge in [-0.15, -0.1) is 10.2 Å². The molecule has 0 unspecified atom stereocenters. The van der Waals surface area contributed by atoms with Crippen molar-refractivity contribution in [3.8, 4) is 0 Å². The summed E-state index contributed by atoms with van der Waals surface area (Å²) in [6, 6.07) is 1.97. The molecule has 7 nitrogen and oxygen atoms in total. The number of anilines is 1. The van der Waals surface area contributed by atoms with Gasteiger partial charge in [-0.25, -0.2) is 4.39 Å². The first-order valence-corrected chi connectivity index (χ1v) is 9.88. The molecule has 0 spiro atoms. The molecule has 1 saturated carbocycles. The molecule has 1 fully saturated rings. The van der Waals surface area contributed by atoms with Crippen molar-refractivity contribution < 1.29 is 14.0 Å². The van der Waals surface area contributed by atoms with Gasteiger partial charge in [-0.05, 0) is 36.5 Å². The van der Waals surface area contributed by atoms with E-state index in [0.717, 1.165) is 12.5 Å². The highest BCUT2D eigenvalue weighted by atomic mass is 35.5. The summed E-state index contributed by atoms with van der Waals surface area (Å²) in [5.41, 5.74) is 0.721. The number of nitrogens with one attached hydrogen (secondary N) is 3. The Bertz CT molecular complexity index is 910. The fourth-order valence-electron chi connectivity index (χ4n) is 3.95. The fraction of sp³-hybridized carbons (Fsp3) is 0.474. The minimum Gasteiger partial charge on any atom is -0.337 e. The molecule has 1 aliphatic carbocycles. The van der Waals surface area contributed by atoms with E-state index in [1.54, 1.807) is 6.07 Å². The second-order valence-electron chi connectivity index (χ2n) is 7.45. The average Bonchev–Trinajstić information content (AvgIpc) is 3.30. The Labute approximate surface area is 166 Å². The van der Waals surface area contributed by atoms with E-state index in [4.69, 9.17) is 11.6 Å². The van der Waals surface area contributed by atoms with Crippen LogP contribution in [0.25, 0.3) is 0 Å². The molecule has 2 amide bonds. The molecule has 9 heteroatoms. The van der Waals surface area contributed by atoms with Crippen LogP contribution in [0.3, 0.4) is 0 Å². The standard InChI is InChI=1S/C19H21ClFN5O2/c20-12-8-11-5-6-14(18(27)24-16(11)13(21)9-12)22-19(28)17-23-15(25-26-17)7-10-3-1-2-4-10/h8-10,14H,1-7H2,(H,22,28)(H,24,27)(H,23,25,26)/t14-/m0/s1. The zero-order valence-electron chi connectivity index (χ0n) is 15.2. The number of carbonyl (C=O) groups excluding carboxylic acids is 2. The molecule has 3 N–H and O–H groups in total. The number of amides is 2. The molecule has 148 valence electrons. The van der Waals surface area contributed by atoms with Crippen LogP contribution < -0.4 is 10.6 Å². The van der Waals surface area contributed by atoms with E-state index in [1.165, 1.54) is 25.7 Å². The van der Waals surface area contributed by atoms with Crippen LogP contribution in [-0.4, -0.2) is 33.0 Å². The summed E-state index contributed by atoms with van der Waals surface area (Å²) in [5.74, 6) is -0.219. The summed E-state index contributed by atoms with van der Waals surface area (Å²) in [7, 11) is 0. The van der Waals surface area contributed by atoms with E-state index in [1.807, 2.05) is 0 Å². The lowest BCUT2D eigenvalue weighted by molar-refractivity contribution is -0.118. The number of aryl methyl sites for hydroxylation is 1. The summed E-state index contributed by atoms with van der Waals surface area (Å²) in [6.45, 7) is 0. The molecule has 28 heavy (non-hydrogen) atoms. The van der Waals surface area contributed by atoms with Gasteiger partial charge in [-0.2, -0.15) is 0 Å². The first kappa shape index (κ1) is 18.9. The number of H-pyrrole nitrogens is 1. The van der Waals surface area contributed by atoms with Gasteiger partial charge in [0.15, 0.2) is 0 Å². The molecule has 1 aliphatic heterocycles. The Morgan fingerprint density at radius 3 is 2.82 bits per heavy atom. The molecule has 4 rings (SSSR count). The van der Waals surface area contributed by atoms with E-state index in [2.05, 4.69) is 25.8 Å². The lowest BCUT2D eigenvalue weighted by Crippen LogP contribution is -2.43. The third-order valence-electron chi connectivity index (χ3n) is 5.41. The Kier molecular flexibility index (Phi) is 5.30. The minimum atomic E-state index is -0.804. The Balaban J connectivity index is 1.41. The number of halogens is 2. The first-order valence-electron chi connectivity index (χ1n) is 9.51. The number of benzene rings is 1. The first-order chi connectivity index (χ1) is 13.5. The summed E-state index contributed by atoms with van der Waals surface area (Å²) in [6.07, 6.45) is 6.32. The SMILES string of the molecule is O=C(N[C@H]1CCc2cc(Cl)cc(F)c2NC1=O)c1nnc(CC2CCCC2)[nH]1. The summed E-state index contributed by atoms with van der Waals surface area (Å²) in [5, 5.41) is 13.4. The molecule has 2 aromatic rings. The van der Waals surface area contributed by atoms with Crippen molar-refractivity contribution in [2.75, 3.05) is 5.32 Å². The molecular weight excluding hydrogens is 385 g/mol. The van der Waals surface area contributed by atoms with E-state index < -0.39 is 23.7 Å². The van der Waals surface area contributed by atoms with Crippen molar-refractivity contribution in [1.29, 1.82) is 0 Å². The third-order valence-corrected chi connectivity index (χ3v) is 5.63. The number of aromatic amines is 1. The van der Waals surface area contributed by atoms with Gasteiger partial charge in [0, 0.05) is 11.4 Å². The van der Waals surface area contributed by atoms with Crippen LogP contribution in [-0.2, 0) is 17.6 Å². The topological polar surface area (TPSA) is 99.8 Å². The monoisotopic (exact) mass is 405 g/mol. The number of fused-ring (bicyclic) bond motifs is 1. The van der Waals surface area contributed by atoms with Crippen molar-refractivity contribution in [1.82, 2.24) is 20.5 Å². The van der Waals surface area contributed by atoms with Crippen LogP contribution in [0.4, 0.5) is 10.1 Å². The molecule has 2 heterocycles. The van der Waals surface area contributed by atoms with E-state index in [9.17, 15) is 14.0 Å². The number of rotatable bonds is 4. The second kappa shape index (κ2) is 7.87. The normalized spacial score (nSPS) is 19.8. The van der Waals surface area contributed by atoms with Crippen molar-refractivity contribution >= 4 is 29.1 Å². The van der Waals surface area contributed by atoms with Gasteiger partial charge in [0.2, 0.25) is 11.7 Å². The zero-order chi connectivity index (χ0) is 19.7. The molecule has 1 aromatic heterocycles. The van der Waals surface area contributed by atoms with Crippen LogP contribution >= 0.6 is 11.6 Å². The summed E-state index contributed by atoms with van der Waals surface area (Å²) >= 11 is 5.89. The third kappa shape index (κ3) is 4.01. The molecular formula is C19H21ClFN5O2. The highest BCUT2D eigenvalue weighted by molar-refractivity contribution is 6.30. The second-order valence-corrected chi connectivity index (χ2v) is 7.89. The maximum absolute atomic E-state index is 14.1. The van der Waals surface area contributed by atoms with Crippen LogP contribution in [0.5, 0.6) is 0 Å². The summed E-state index contributed by atoms with van der Waals surface area (Å²) in [4.78, 5) is 27.9. The quantitative estimate of drug-likeness (QED) is 0.727. The van der Waals surface area contributed by atoms with Gasteiger partial charge in [0.25, 0.3) is 5.91 Å². The lowest BCUT2D eigenvalue weighted by atomic mass is 10.0.